The maximum absolute atomic E-state index is 4.72. The Morgan fingerprint density at radius 2 is 0.875 bits per heavy atom. The van der Waals surface area contributed by atoms with Crippen LogP contribution >= 0.6 is 0 Å². The first-order chi connectivity index (χ1) is 19.8. The topological polar surface area (TPSA) is 38.7 Å². The summed E-state index contributed by atoms with van der Waals surface area (Å²) < 4.78 is 0. The van der Waals surface area contributed by atoms with Crippen LogP contribution in [0.15, 0.2) is 128 Å². The molecular formula is C37H21N3. The lowest BCUT2D eigenvalue weighted by Crippen LogP contribution is -1.91. The number of benzene rings is 6. The minimum atomic E-state index is 0.699. The van der Waals surface area contributed by atoms with Crippen LogP contribution < -0.4 is 0 Å². The normalized spacial score (nSPS) is 12.0. The number of nitrogens with zero attached hydrogens (tertiary/aromatic N) is 3. The standard InChI is InChI=1S/C37H21N3/c1-4-22-10-11-23-6-3-9-31-32-19-27(28-20-39-37(40-21-28)25-14-16-38-17-15-25)18-26-13-12-24-5-2-8-30(34(24)36(26)32)29(7-1)33(22)35(23)31/h1-21H. The van der Waals surface area contributed by atoms with Crippen LogP contribution in [0.3, 0.4) is 0 Å². The molecule has 2 aromatic heterocycles. The smallest absolute Gasteiger partial charge is 0.159 e. The lowest BCUT2D eigenvalue weighted by molar-refractivity contribution is 1.17. The Morgan fingerprint density at radius 3 is 1.45 bits per heavy atom. The van der Waals surface area contributed by atoms with E-state index in [9.17, 15) is 0 Å². The van der Waals surface area contributed by atoms with Crippen LogP contribution in [0, 0.1) is 0 Å². The molecule has 0 unspecified atom stereocenters. The third-order valence-corrected chi connectivity index (χ3v) is 8.35. The van der Waals surface area contributed by atoms with Crippen LogP contribution in [-0.4, -0.2) is 15.0 Å². The van der Waals surface area contributed by atoms with Crippen molar-refractivity contribution >= 4 is 64.6 Å². The number of fused-ring (bicyclic) bond motifs is 2. The van der Waals surface area contributed by atoms with Gasteiger partial charge in [-0.25, -0.2) is 9.97 Å². The molecule has 0 saturated heterocycles. The average molecular weight is 508 g/mol. The Kier molecular flexibility index (Phi) is 4.33. The maximum Gasteiger partial charge on any atom is 0.159 e. The van der Waals surface area contributed by atoms with Crippen molar-refractivity contribution in [3.63, 3.8) is 0 Å². The van der Waals surface area contributed by atoms with Gasteiger partial charge in [0.2, 0.25) is 0 Å². The second-order valence-electron chi connectivity index (χ2n) is 10.5. The van der Waals surface area contributed by atoms with E-state index in [4.69, 9.17) is 9.97 Å². The summed E-state index contributed by atoms with van der Waals surface area (Å²) in [5.74, 6) is 0.699. The molecule has 0 fully saturated rings. The first kappa shape index (κ1) is 21.5. The Labute approximate surface area is 229 Å². The van der Waals surface area contributed by atoms with E-state index in [1.165, 1.54) is 64.6 Å². The monoisotopic (exact) mass is 507 g/mol. The Hall–Kier alpha value is -5.41. The second kappa shape index (κ2) is 8.05. The number of pyridine rings is 1. The first-order valence-electron chi connectivity index (χ1n) is 13.5. The van der Waals surface area contributed by atoms with Crippen LogP contribution in [0.25, 0.3) is 87.1 Å². The quantitative estimate of drug-likeness (QED) is 0.219. The molecule has 7 aromatic carbocycles. The van der Waals surface area contributed by atoms with E-state index in [1.807, 2.05) is 24.5 Å². The van der Waals surface area contributed by atoms with Gasteiger partial charge < -0.3 is 0 Å². The number of hydrogen-bond donors (Lipinski definition) is 0. The summed E-state index contributed by atoms with van der Waals surface area (Å²) in [5.41, 5.74) is 3.07. The van der Waals surface area contributed by atoms with Gasteiger partial charge in [0.1, 0.15) is 0 Å². The molecule has 0 aliphatic heterocycles. The number of aromatic nitrogens is 3. The molecule has 0 atom stereocenters. The van der Waals surface area contributed by atoms with E-state index in [1.54, 1.807) is 12.4 Å². The zero-order chi connectivity index (χ0) is 26.2. The fourth-order valence-electron chi connectivity index (χ4n) is 6.58. The molecule has 0 saturated carbocycles. The first-order valence-corrected chi connectivity index (χ1v) is 13.5. The summed E-state index contributed by atoms with van der Waals surface area (Å²) >= 11 is 0. The summed E-state index contributed by atoms with van der Waals surface area (Å²) in [7, 11) is 0. The van der Waals surface area contributed by atoms with Crippen molar-refractivity contribution in [3.8, 4) is 22.5 Å². The highest BCUT2D eigenvalue weighted by molar-refractivity contribution is 6.37. The minimum Gasteiger partial charge on any atom is -0.265 e. The molecule has 3 heteroatoms. The summed E-state index contributed by atoms with van der Waals surface area (Å²) in [6.45, 7) is 0. The highest BCUT2D eigenvalue weighted by Crippen LogP contribution is 2.44. The molecule has 40 heavy (non-hydrogen) atoms. The van der Waals surface area contributed by atoms with E-state index in [0.29, 0.717) is 5.82 Å². The molecule has 0 radical (unpaired) electrons. The number of rotatable bonds is 2. The maximum atomic E-state index is 4.72. The molecule has 9 rings (SSSR count). The fraction of sp³-hybridized carbons (Fsp3) is 0. The molecule has 0 N–H and O–H groups in total. The molecule has 2 heterocycles. The lowest BCUT2D eigenvalue weighted by atomic mass is 9.87. The van der Waals surface area contributed by atoms with Crippen LogP contribution in [0.4, 0.5) is 0 Å². The zero-order valence-corrected chi connectivity index (χ0v) is 21.5. The van der Waals surface area contributed by atoms with Crippen LogP contribution in [0.1, 0.15) is 0 Å². The van der Waals surface area contributed by atoms with E-state index >= 15 is 0 Å². The molecule has 0 amide bonds. The fourth-order valence-corrected chi connectivity index (χ4v) is 6.58. The van der Waals surface area contributed by atoms with Crippen molar-refractivity contribution in [2.75, 3.05) is 0 Å². The third kappa shape index (κ3) is 2.97. The largest absolute Gasteiger partial charge is 0.265 e. The van der Waals surface area contributed by atoms with Crippen molar-refractivity contribution in [3.05, 3.63) is 128 Å². The van der Waals surface area contributed by atoms with Gasteiger partial charge in [-0.05, 0) is 94.5 Å². The molecule has 184 valence electrons. The second-order valence-corrected chi connectivity index (χ2v) is 10.5. The van der Waals surface area contributed by atoms with Crippen molar-refractivity contribution < 1.29 is 0 Å². The number of hydrogen-bond acceptors (Lipinski definition) is 3. The van der Waals surface area contributed by atoms with E-state index in [0.717, 1.165) is 16.7 Å². The van der Waals surface area contributed by atoms with Crippen LogP contribution in [-0.2, 0) is 0 Å². The molecule has 9 aromatic rings. The summed E-state index contributed by atoms with van der Waals surface area (Å²) in [6, 6.07) is 37.6. The molecule has 0 bridgehead atoms. The van der Waals surface area contributed by atoms with Gasteiger partial charge in [0, 0.05) is 35.9 Å². The highest BCUT2D eigenvalue weighted by Gasteiger charge is 2.16. The van der Waals surface area contributed by atoms with Crippen LogP contribution in [0.5, 0.6) is 0 Å². The van der Waals surface area contributed by atoms with E-state index in [2.05, 4.69) is 96.0 Å². The highest BCUT2D eigenvalue weighted by atomic mass is 14.9. The average Bonchev–Trinajstić information content (AvgIpc) is 3.03. The SMILES string of the molecule is c1cc2ccc3cccc4c5cc(-c6cnc(-c7ccncc7)nc6)cc6ccc7cccc(c(c1)c2c34)c7c65. The molecule has 0 aliphatic rings. The van der Waals surface area contributed by atoms with Gasteiger partial charge in [0.05, 0.1) is 0 Å². The molecular weight excluding hydrogens is 486 g/mol. The van der Waals surface area contributed by atoms with Crippen molar-refractivity contribution in [1.29, 1.82) is 0 Å². The molecule has 0 aliphatic carbocycles. The Balaban J connectivity index is 1.46. The van der Waals surface area contributed by atoms with Gasteiger partial charge in [-0.1, -0.05) is 78.9 Å². The molecule has 0 spiro atoms. The predicted molar refractivity (Wildman–Crippen MR) is 167 cm³/mol. The summed E-state index contributed by atoms with van der Waals surface area (Å²) in [5, 5.41) is 15.3. The van der Waals surface area contributed by atoms with Gasteiger partial charge in [-0.3, -0.25) is 4.98 Å². The zero-order valence-electron chi connectivity index (χ0n) is 21.5. The third-order valence-electron chi connectivity index (χ3n) is 8.35. The van der Waals surface area contributed by atoms with Gasteiger partial charge >= 0.3 is 0 Å². The van der Waals surface area contributed by atoms with E-state index < -0.39 is 0 Å². The summed E-state index contributed by atoms with van der Waals surface area (Å²) in [6.07, 6.45) is 7.40. The van der Waals surface area contributed by atoms with Crippen molar-refractivity contribution in [2.45, 2.75) is 0 Å². The Bertz CT molecular complexity index is 2400. The van der Waals surface area contributed by atoms with Gasteiger partial charge in [0.25, 0.3) is 0 Å². The minimum absolute atomic E-state index is 0.699. The van der Waals surface area contributed by atoms with Crippen molar-refractivity contribution in [1.82, 2.24) is 15.0 Å². The van der Waals surface area contributed by atoms with E-state index in [-0.39, 0.29) is 0 Å². The Morgan fingerprint density at radius 1 is 0.375 bits per heavy atom. The predicted octanol–water partition coefficient (Wildman–Crippen LogP) is 9.56. The van der Waals surface area contributed by atoms with Gasteiger partial charge in [-0.2, -0.15) is 0 Å². The van der Waals surface area contributed by atoms with Gasteiger partial charge in [0.15, 0.2) is 5.82 Å². The van der Waals surface area contributed by atoms with Crippen molar-refractivity contribution in [2.24, 2.45) is 0 Å². The lowest BCUT2D eigenvalue weighted by Gasteiger charge is -2.17. The van der Waals surface area contributed by atoms with Crippen LogP contribution in [0.2, 0.25) is 0 Å². The van der Waals surface area contributed by atoms with Gasteiger partial charge in [-0.15, -0.1) is 0 Å². The summed E-state index contributed by atoms with van der Waals surface area (Å²) in [4.78, 5) is 13.5. The molecule has 3 nitrogen and oxygen atoms in total.